The maximum absolute atomic E-state index is 13.2. The lowest BCUT2D eigenvalue weighted by Gasteiger charge is -2.30. The summed E-state index contributed by atoms with van der Waals surface area (Å²) in [7, 11) is -0.978. The molecule has 1 fully saturated rings. The van der Waals surface area contributed by atoms with E-state index < -0.39 is 27.8 Å². The number of carbonyl (C=O) groups is 2. The van der Waals surface area contributed by atoms with Crippen LogP contribution in [-0.2, 0) is 30.9 Å². The summed E-state index contributed by atoms with van der Waals surface area (Å²) in [6, 6.07) is 11.3. The average molecular weight is 538 g/mol. The van der Waals surface area contributed by atoms with Crippen LogP contribution in [0, 0.1) is 5.92 Å². The molecule has 3 aromatic rings. The third-order valence-electron chi connectivity index (χ3n) is 5.80. The van der Waals surface area contributed by atoms with Crippen molar-refractivity contribution in [1.82, 2.24) is 8.87 Å². The zero-order valence-electron chi connectivity index (χ0n) is 19.1. The smallest absolute Gasteiger partial charge is 0.325 e. The summed E-state index contributed by atoms with van der Waals surface area (Å²) in [5.74, 6) is -0.963. The van der Waals surface area contributed by atoms with E-state index >= 15 is 0 Å². The number of thiazole rings is 1. The van der Waals surface area contributed by atoms with E-state index in [1.165, 1.54) is 42.0 Å². The number of aromatic nitrogens is 1. The lowest BCUT2D eigenvalue weighted by Crippen LogP contribution is -2.42. The van der Waals surface area contributed by atoms with Crippen LogP contribution >= 0.6 is 22.9 Å². The summed E-state index contributed by atoms with van der Waals surface area (Å²) in [5.41, 5.74) is 0.698. The Morgan fingerprint density at radius 1 is 1.17 bits per heavy atom. The van der Waals surface area contributed by atoms with Crippen LogP contribution in [-0.4, -0.2) is 56.5 Å². The van der Waals surface area contributed by atoms with E-state index in [-0.39, 0.29) is 18.0 Å². The second-order valence-electron chi connectivity index (χ2n) is 7.99. The van der Waals surface area contributed by atoms with Gasteiger partial charge in [0.05, 0.1) is 35.2 Å². The predicted octanol–water partition coefficient (Wildman–Crippen LogP) is 3.07. The maximum atomic E-state index is 13.2. The molecule has 1 aliphatic rings. The standard InChI is InChI=1S/C23H24ClN3O6S2/c1-32-17-6-8-18(9-7-17)35(30,31)26-11-3-4-15(13-26)22(29)25-23-27(14-21(28)33-2)19-10-5-16(24)12-20(19)34-23/h5-10,12,15H,3-4,11,13-14H2,1-2H3. The number of ether oxygens (including phenoxy) is 2. The Bertz CT molecular complexity index is 1430. The van der Waals surface area contributed by atoms with Crippen LogP contribution in [0.4, 0.5) is 0 Å². The molecule has 0 radical (unpaired) electrons. The van der Waals surface area contributed by atoms with E-state index in [4.69, 9.17) is 21.1 Å². The summed E-state index contributed by atoms with van der Waals surface area (Å²) >= 11 is 7.33. The van der Waals surface area contributed by atoms with Crippen molar-refractivity contribution in [3.63, 3.8) is 0 Å². The van der Waals surface area contributed by atoms with Crippen molar-refractivity contribution < 1.29 is 27.5 Å². The molecule has 0 aliphatic carbocycles. The molecular formula is C23H24ClN3O6S2. The van der Waals surface area contributed by atoms with Gasteiger partial charge >= 0.3 is 5.97 Å². The molecule has 2 aromatic carbocycles. The molecule has 186 valence electrons. The molecule has 35 heavy (non-hydrogen) atoms. The highest BCUT2D eigenvalue weighted by molar-refractivity contribution is 7.89. The van der Waals surface area contributed by atoms with Crippen LogP contribution in [0.25, 0.3) is 10.2 Å². The number of benzene rings is 2. The Morgan fingerprint density at radius 3 is 2.60 bits per heavy atom. The van der Waals surface area contributed by atoms with Gasteiger partial charge in [0.1, 0.15) is 12.3 Å². The Labute approximate surface area is 211 Å². The molecule has 0 spiro atoms. The van der Waals surface area contributed by atoms with Crippen LogP contribution in [0.2, 0.25) is 5.02 Å². The Hall–Kier alpha value is -2.73. The topological polar surface area (TPSA) is 107 Å². The van der Waals surface area contributed by atoms with Crippen molar-refractivity contribution in [2.75, 3.05) is 27.3 Å². The van der Waals surface area contributed by atoms with Crippen molar-refractivity contribution in [2.24, 2.45) is 10.9 Å². The first-order valence-electron chi connectivity index (χ1n) is 10.8. The number of amides is 1. The fourth-order valence-corrected chi connectivity index (χ4v) is 6.76. The number of nitrogens with zero attached hydrogens (tertiary/aromatic N) is 3. The molecule has 1 amide bonds. The first kappa shape index (κ1) is 25.4. The van der Waals surface area contributed by atoms with Crippen molar-refractivity contribution in [2.45, 2.75) is 24.3 Å². The highest BCUT2D eigenvalue weighted by atomic mass is 35.5. The molecular weight excluding hydrogens is 514 g/mol. The molecule has 1 saturated heterocycles. The van der Waals surface area contributed by atoms with Gasteiger partial charge in [0.2, 0.25) is 10.0 Å². The number of halogens is 1. The van der Waals surface area contributed by atoms with E-state index in [2.05, 4.69) is 4.99 Å². The summed E-state index contributed by atoms with van der Waals surface area (Å²) in [4.78, 5) is 29.9. The molecule has 0 N–H and O–H groups in total. The fourth-order valence-electron chi connectivity index (χ4n) is 3.92. The van der Waals surface area contributed by atoms with Gasteiger partial charge in [0.25, 0.3) is 5.91 Å². The van der Waals surface area contributed by atoms with Gasteiger partial charge in [-0.25, -0.2) is 8.42 Å². The third-order valence-corrected chi connectivity index (χ3v) is 8.95. The van der Waals surface area contributed by atoms with Gasteiger partial charge in [0, 0.05) is 18.1 Å². The first-order chi connectivity index (χ1) is 16.7. The Kier molecular flexibility index (Phi) is 7.60. The molecule has 1 aromatic heterocycles. The van der Waals surface area contributed by atoms with E-state index in [0.29, 0.717) is 40.5 Å². The molecule has 9 nitrogen and oxygen atoms in total. The summed E-state index contributed by atoms with van der Waals surface area (Å²) in [6.07, 6.45) is 1.05. The molecule has 0 bridgehead atoms. The number of methoxy groups -OCH3 is 2. The minimum Gasteiger partial charge on any atom is -0.497 e. The van der Waals surface area contributed by atoms with Gasteiger partial charge in [-0.15, -0.1) is 0 Å². The number of hydrogen-bond donors (Lipinski definition) is 0. The van der Waals surface area contributed by atoms with Gasteiger partial charge in [-0.3, -0.25) is 9.59 Å². The van der Waals surface area contributed by atoms with Gasteiger partial charge in [0.15, 0.2) is 4.80 Å². The Morgan fingerprint density at radius 2 is 1.91 bits per heavy atom. The third kappa shape index (κ3) is 5.43. The lowest BCUT2D eigenvalue weighted by molar-refractivity contribution is -0.141. The van der Waals surface area contributed by atoms with Gasteiger partial charge < -0.3 is 14.0 Å². The second-order valence-corrected chi connectivity index (χ2v) is 11.4. The van der Waals surface area contributed by atoms with Crippen molar-refractivity contribution in [1.29, 1.82) is 0 Å². The quantitative estimate of drug-likeness (QED) is 0.447. The van der Waals surface area contributed by atoms with Gasteiger partial charge in [-0.2, -0.15) is 9.30 Å². The molecule has 1 unspecified atom stereocenters. The summed E-state index contributed by atoms with van der Waals surface area (Å²) in [5, 5.41) is 0.522. The summed E-state index contributed by atoms with van der Waals surface area (Å²) < 4.78 is 39.9. The number of fused-ring (bicyclic) bond motifs is 1. The number of carbonyl (C=O) groups excluding carboxylic acids is 2. The van der Waals surface area contributed by atoms with Crippen LogP contribution in [0.15, 0.2) is 52.4 Å². The molecule has 12 heteroatoms. The average Bonchev–Trinajstić information content (AvgIpc) is 3.19. The van der Waals surface area contributed by atoms with E-state index in [9.17, 15) is 18.0 Å². The zero-order chi connectivity index (χ0) is 25.2. The minimum absolute atomic E-state index is 0.0322. The lowest BCUT2D eigenvalue weighted by atomic mass is 9.99. The maximum Gasteiger partial charge on any atom is 0.325 e. The molecule has 2 heterocycles. The summed E-state index contributed by atoms with van der Waals surface area (Å²) in [6.45, 7) is 0.235. The normalized spacial score (nSPS) is 17.5. The molecule has 1 aliphatic heterocycles. The van der Waals surface area contributed by atoms with Crippen LogP contribution < -0.4 is 9.54 Å². The number of hydrogen-bond acceptors (Lipinski definition) is 7. The molecule has 1 atom stereocenters. The van der Waals surface area contributed by atoms with E-state index in [1.807, 2.05) is 0 Å². The largest absolute Gasteiger partial charge is 0.497 e. The van der Waals surface area contributed by atoms with Crippen molar-refractivity contribution >= 4 is 55.1 Å². The number of sulfonamides is 1. The number of esters is 1. The minimum atomic E-state index is -3.77. The van der Waals surface area contributed by atoms with Gasteiger partial charge in [-0.05, 0) is 55.3 Å². The molecule has 4 rings (SSSR count). The van der Waals surface area contributed by atoms with Crippen LogP contribution in [0.1, 0.15) is 12.8 Å². The van der Waals surface area contributed by atoms with E-state index in [0.717, 1.165) is 4.70 Å². The van der Waals surface area contributed by atoms with Gasteiger partial charge in [-0.1, -0.05) is 22.9 Å². The highest BCUT2D eigenvalue weighted by Gasteiger charge is 2.33. The SMILES string of the molecule is COC(=O)Cn1c(=NC(=O)C2CCCN(S(=O)(=O)c3ccc(OC)cc3)C2)sc2cc(Cl)ccc21. The first-order valence-corrected chi connectivity index (χ1v) is 13.4. The van der Waals surface area contributed by atoms with Crippen LogP contribution in [0.5, 0.6) is 5.75 Å². The predicted molar refractivity (Wildman–Crippen MR) is 132 cm³/mol. The van der Waals surface area contributed by atoms with E-state index in [1.54, 1.807) is 34.9 Å². The van der Waals surface area contributed by atoms with Crippen molar-refractivity contribution in [3.8, 4) is 5.75 Å². The van der Waals surface area contributed by atoms with Crippen molar-refractivity contribution in [3.05, 3.63) is 52.3 Å². The second kappa shape index (κ2) is 10.5. The number of rotatable bonds is 6. The highest BCUT2D eigenvalue weighted by Crippen LogP contribution is 2.26. The fraction of sp³-hybridized carbons (Fsp3) is 0.348. The zero-order valence-corrected chi connectivity index (χ0v) is 21.5. The Balaban J connectivity index is 1.62. The monoisotopic (exact) mass is 537 g/mol. The molecule has 0 saturated carbocycles. The number of piperidine rings is 1. The van der Waals surface area contributed by atoms with Crippen LogP contribution in [0.3, 0.4) is 0 Å².